The summed E-state index contributed by atoms with van der Waals surface area (Å²) in [6.45, 7) is 1.56. The van der Waals surface area contributed by atoms with Crippen molar-refractivity contribution < 1.29 is 23.1 Å². The molecule has 2 atom stereocenters. The van der Waals surface area contributed by atoms with E-state index in [1.807, 2.05) is 0 Å². The molecule has 0 bridgehead atoms. The van der Waals surface area contributed by atoms with Crippen LogP contribution in [-0.2, 0) is 11.0 Å². The molecule has 1 aliphatic rings. The topological polar surface area (TPSA) is 64.3 Å². The fourth-order valence-electron chi connectivity index (χ4n) is 2.24. The van der Waals surface area contributed by atoms with Crippen LogP contribution in [0.25, 0.3) is 0 Å². The first kappa shape index (κ1) is 14.3. The molecule has 4 nitrogen and oxygen atoms in total. The molecule has 1 saturated heterocycles. The fraction of sp³-hybridized carbons (Fsp3) is 0.385. The van der Waals surface area contributed by atoms with Gasteiger partial charge < -0.3 is 10.0 Å². The van der Waals surface area contributed by atoms with Crippen LogP contribution in [0.4, 0.5) is 18.9 Å². The Bertz CT molecular complexity index is 592. The average molecular weight is 284 g/mol. The summed E-state index contributed by atoms with van der Waals surface area (Å²) in [5.74, 6) is -0.442. The van der Waals surface area contributed by atoms with Gasteiger partial charge in [0.05, 0.1) is 35.8 Å². The Morgan fingerprint density at radius 2 is 2.10 bits per heavy atom. The number of alkyl halides is 3. The van der Waals surface area contributed by atoms with Gasteiger partial charge in [0, 0.05) is 5.69 Å². The lowest BCUT2D eigenvalue weighted by molar-refractivity contribution is -0.137. The van der Waals surface area contributed by atoms with Gasteiger partial charge in [-0.2, -0.15) is 18.4 Å². The fourth-order valence-corrected chi connectivity index (χ4v) is 2.24. The SMILES string of the molecule is C[C@H]1C(O)CC(=O)N1c1ccc(C#N)c(C(F)(F)F)c1. The summed E-state index contributed by atoms with van der Waals surface area (Å²) in [7, 11) is 0. The summed E-state index contributed by atoms with van der Waals surface area (Å²) in [6, 6.07) is 3.96. The summed E-state index contributed by atoms with van der Waals surface area (Å²) in [4.78, 5) is 12.9. The maximum atomic E-state index is 12.9. The van der Waals surface area contributed by atoms with Crippen LogP contribution in [0, 0.1) is 11.3 Å². The number of carbonyl (C=O) groups is 1. The second-order valence-corrected chi connectivity index (χ2v) is 4.62. The number of nitriles is 1. The zero-order valence-corrected chi connectivity index (χ0v) is 10.5. The highest BCUT2D eigenvalue weighted by Gasteiger charge is 2.39. The van der Waals surface area contributed by atoms with E-state index >= 15 is 0 Å². The molecule has 1 fully saturated rings. The summed E-state index contributed by atoms with van der Waals surface area (Å²) in [5.41, 5.74) is -1.55. The summed E-state index contributed by atoms with van der Waals surface area (Å²) >= 11 is 0. The van der Waals surface area contributed by atoms with Crippen molar-refractivity contribution >= 4 is 11.6 Å². The number of hydrogen-bond donors (Lipinski definition) is 1. The Morgan fingerprint density at radius 1 is 1.45 bits per heavy atom. The first-order chi connectivity index (χ1) is 9.25. The van der Waals surface area contributed by atoms with Gasteiger partial charge >= 0.3 is 6.18 Å². The van der Waals surface area contributed by atoms with Crippen LogP contribution < -0.4 is 4.90 Å². The molecule has 1 aliphatic heterocycles. The van der Waals surface area contributed by atoms with E-state index < -0.39 is 35.4 Å². The lowest BCUT2D eigenvalue weighted by Gasteiger charge is -2.24. The van der Waals surface area contributed by atoms with E-state index in [0.29, 0.717) is 0 Å². The molecule has 1 heterocycles. The van der Waals surface area contributed by atoms with Crippen molar-refractivity contribution in [3.05, 3.63) is 29.3 Å². The van der Waals surface area contributed by atoms with Crippen LogP contribution >= 0.6 is 0 Å². The lowest BCUT2D eigenvalue weighted by atomic mass is 10.1. The van der Waals surface area contributed by atoms with Crippen LogP contribution in [-0.4, -0.2) is 23.2 Å². The number of hydrogen-bond acceptors (Lipinski definition) is 3. The minimum Gasteiger partial charge on any atom is -0.390 e. The number of aliphatic hydroxyl groups is 1. The van der Waals surface area contributed by atoms with Crippen LogP contribution in [0.5, 0.6) is 0 Å². The van der Waals surface area contributed by atoms with E-state index in [1.54, 1.807) is 6.92 Å². The number of nitrogens with zero attached hydrogens (tertiary/aromatic N) is 2. The molecule has 1 aromatic rings. The second-order valence-electron chi connectivity index (χ2n) is 4.62. The van der Waals surface area contributed by atoms with E-state index in [2.05, 4.69) is 0 Å². The molecule has 1 unspecified atom stereocenters. The average Bonchev–Trinajstić information content (AvgIpc) is 2.61. The third-order valence-electron chi connectivity index (χ3n) is 3.32. The van der Waals surface area contributed by atoms with E-state index in [1.165, 1.54) is 12.1 Å². The Hall–Kier alpha value is -2.07. The number of carbonyl (C=O) groups excluding carboxylic acids is 1. The van der Waals surface area contributed by atoms with Crippen molar-refractivity contribution in [3.63, 3.8) is 0 Å². The predicted octanol–water partition coefficient (Wildman–Crippen LogP) is 2.06. The van der Waals surface area contributed by atoms with Crippen molar-refractivity contribution in [2.75, 3.05) is 4.90 Å². The summed E-state index contributed by atoms with van der Waals surface area (Å²) in [5, 5.41) is 18.3. The van der Waals surface area contributed by atoms with Gasteiger partial charge in [-0.25, -0.2) is 0 Å². The smallest absolute Gasteiger partial charge is 0.390 e. The van der Waals surface area contributed by atoms with Gasteiger partial charge in [-0.1, -0.05) is 0 Å². The highest BCUT2D eigenvalue weighted by molar-refractivity contribution is 5.97. The Labute approximate surface area is 113 Å². The molecule has 1 amide bonds. The monoisotopic (exact) mass is 284 g/mol. The summed E-state index contributed by atoms with van der Waals surface area (Å²) < 4.78 is 38.6. The molecule has 1 aromatic carbocycles. The van der Waals surface area contributed by atoms with Crippen LogP contribution in [0.3, 0.4) is 0 Å². The molecule has 106 valence electrons. The van der Waals surface area contributed by atoms with Crippen molar-refractivity contribution in [2.45, 2.75) is 31.7 Å². The lowest BCUT2D eigenvalue weighted by Crippen LogP contribution is -2.34. The number of benzene rings is 1. The van der Waals surface area contributed by atoms with E-state index in [-0.39, 0.29) is 12.1 Å². The first-order valence-electron chi connectivity index (χ1n) is 5.87. The predicted molar refractivity (Wildman–Crippen MR) is 63.7 cm³/mol. The number of rotatable bonds is 1. The quantitative estimate of drug-likeness (QED) is 0.858. The molecule has 0 saturated carbocycles. The maximum Gasteiger partial charge on any atom is 0.417 e. The third kappa shape index (κ3) is 2.34. The molecule has 20 heavy (non-hydrogen) atoms. The molecule has 2 rings (SSSR count). The largest absolute Gasteiger partial charge is 0.417 e. The van der Waals surface area contributed by atoms with Gasteiger partial charge in [0.15, 0.2) is 0 Å². The highest BCUT2D eigenvalue weighted by atomic mass is 19.4. The molecule has 0 aliphatic carbocycles. The molecular weight excluding hydrogens is 273 g/mol. The van der Waals surface area contributed by atoms with Crippen LogP contribution in [0.15, 0.2) is 18.2 Å². The highest BCUT2D eigenvalue weighted by Crippen LogP contribution is 2.36. The van der Waals surface area contributed by atoms with Gasteiger partial charge in [0.1, 0.15) is 0 Å². The van der Waals surface area contributed by atoms with Gasteiger partial charge in [-0.05, 0) is 25.1 Å². The van der Waals surface area contributed by atoms with Crippen molar-refractivity contribution in [1.82, 2.24) is 0 Å². The Morgan fingerprint density at radius 3 is 2.55 bits per heavy atom. The zero-order chi connectivity index (χ0) is 15.1. The zero-order valence-electron chi connectivity index (χ0n) is 10.5. The van der Waals surface area contributed by atoms with Gasteiger partial charge in [0.25, 0.3) is 0 Å². The summed E-state index contributed by atoms with van der Waals surface area (Å²) in [6.07, 6.45) is -5.71. The molecule has 0 aromatic heterocycles. The van der Waals surface area contributed by atoms with Crippen molar-refractivity contribution in [1.29, 1.82) is 5.26 Å². The van der Waals surface area contributed by atoms with Gasteiger partial charge in [-0.3, -0.25) is 4.79 Å². The normalized spacial score (nSPS) is 23.0. The molecule has 7 heteroatoms. The Balaban J connectivity index is 2.50. The molecule has 0 spiro atoms. The molecular formula is C13H11F3N2O2. The van der Waals surface area contributed by atoms with Crippen molar-refractivity contribution in [3.8, 4) is 6.07 Å². The van der Waals surface area contributed by atoms with Crippen LogP contribution in [0.2, 0.25) is 0 Å². The van der Waals surface area contributed by atoms with Gasteiger partial charge in [0.2, 0.25) is 5.91 Å². The van der Waals surface area contributed by atoms with Crippen molar-refractivity contribution in [2.24, 2.45) is 0 Å². The standard InChI is InChI=1S/C13H11F3N2O2/c1-7-11(19)5-12(20)18(7)9-3-2-8(6-17)10(4-9)13(14,15)16/h2-4,7,11,19H,5H2,1H3/t7-,11?/m0/s1. The van der Waals surface area contributed by atoms with E-state index in [4.69, 9.17) is 5.26 Å². The first-order valence-corrected chi connectivity index (χ1v) is 5.87. The number of amides is 1. The number of anilines is 1. The number of halogens is 3. The van der Waals surface area contributed by atoms with Crippen LogP contribution in [0.1, 0.15) is 24.5 Å². The van der Waals surface area contributed by atoms with Gasteiger partial charge in [-0.15, -0.1) is 0 Å². The minimum absolute atomic E-state index is 0.0328. The molecule has 1 N–H and O–H groups in total. The minimum atomic E-state index is -4.67. The van der Waals surface area contributed by atoms with E-state index in [0.717, 1.165) is 17.0 Å². The maximum absolute atomic E-state index is 12.9. The van der Waals surface area contributed by atoms with E-state index in [9.17, 15) is 23.1 Å². The third-order valence-corrected chi connectivity index (χ3v) is 3.32. The second kappa shape index (κ2) is 4.80. The molecule has 0 radical (unpaired) electrons. The number of aliphatic hydroxyl groups excluding tert-OH is 1. The Kier molecular flexibility index (Phi) is 3.44.